The van der Waals surface area contributed by atoms with Crippen LogP contribution in [0.4, 0.5) is 10.5 Å². The molecule has 146 valence electrons. The highest BCUT2D eigenvalue weighted by Crippen LogP contribution is 2.33. The van der Waals surface area contributed by atoms with Gasteiger partial charge in [0.05, 0.1) is 17.1 Å². The number of benzene rings is 1. The number of fused-ring (bicyclic) bond motifs is 1. The molecule has 3 N–H and O–H groups in total. The van der Waals surface area contributed by atoms with Gasteiger partial charge in [-0.1, -0.05) is 0 Å². The number of ether oxygens (including phenoxy) is 1. The van der Waals surface area contributed by atoms with Crippen LogP contribution in [-0.2, 0) is 4.74 Å². The lowest BCUT2D eigenvalue weighted by molar-refractivity contribution is 0.0238. The minimum atomic E-state index is -0.511. The minimum Gasteiger partial charge on any atom is -0.444 e. The van der Waals surface area contributed by atoms with Crippen molar-refractivity contribution in [2.45, 2.75) is 45.8 Å². The number of anilines is 1. The smallest absolute Gasteiger partial charge is 0.410 e. The number of amides is 2. The van der Waals surface area contributed by atoms with E-state index in [0.29, 0.717) is 12.1 Å². The lowest BCUT2D eigenvalue weighted by Crippen LogP contribution is -2.42. The van der Waals surface area contributed by atoms with E-state index in [9.17, 15) is 9.59 Å². The summed E-state index contributed by atoms with van der Waals surface area (Å²) in [6.07, 6.45) is 0.555. The summed E-state index contributed by atoms with van der Waals surface area (Å²) in [6, 6.07) is 5.81. The number of nitrogens with one attached hydrogen (secondary N) is 1. The molecule has 27 heavy (non-hydrogen) atoms. The van der Waals surface area contributed by atoms with E-state index in [1.54, 1.807) is 18.0 Å². The van der Waals surface area contributed by atoms with Crippen LogP contribution in [0.25, 0.3) is 10.9 Å². The summed E-state index contributed by atoms with van der Waals surface area (Å²) < 4.78 is 5.48. The molecule has 7 nitrogen and oxygen atoms in total. The van der Waals surface area contributed by atoms with E-state index >= 15 is 0 Å². The zero-order chi connectivity index (χ0) is 19.9. The summed E-state index contributed by atoms with van der Waals surface area (Å²) in [4.78, 5) is 31.2. The van der Waals surface area contributed by atoms with Gasteiger partial charge in [0, 0.05) is 36.9 Å². The van der Waals surface area contributed by atoms with Gasteiger partial charge in [0.25, 0.3) is 5.91 Å². The largest absolute Gasteiger partial charge is 0.444 e. The molecule has 1 atom stereocenters. The van der Waals surface area contributed by atoms with E-state index in [1.807, 2.05) is 39.8 Å². The first-order valence-electron chi connectivity index (χ1n) is 9.19. The summed E-state index contributed by atoms with van der Waals surface area (Å²) >= 11 is 0. The second kappa shape index (κ2) is 6.79. The molecule has 1 unspecified atom stereocenters. The van der Waals surface area contributed by atoms with Crippen molar-refractivity contribution in [3.05, 3.63) is 29.5 Å². The van der Waals surface area contributed by atoms with Gasteiger partial charge in [0.15, 0.2) is 0 Å². The van der Waals surface area contributed by atoms with Gasteiger partial charge in [-0.15, -0.1) is 0 Å². The van der Waals surface area contributed by atoms with Crippen molar-refractivity contribution in [1.29, 1.82) is 0 Å². The van der Waals surface area contributed by atoms with Crippen molar-refractivity contribution in [3.63, 3.8) is 0 Å². The highest BCUT2D eigenvalue weighted by Gasteiger charge is 2.32. The molecule has 1 aromatic heterocycles. The third-order valence-electron chi connectivity index (χ3n) is 4.90. The third-order valence-corrected chi connectivity index (χ3v) is 4.90. The highest BCUT2D eigenvalue weighted by molar-refractivity contribution is 6.08. The predicted octanol–water partition coefficient (Wildman–Crippen LogP) is 3.02. The fourth-order valence-electron chi connectivity index (χ4n) is 3.58. The van der Waals surface area contributed by atoms with Crippen LogP contribution in [0.3, 0.4) is 0 Å². The number of hydrogen-bond acceptors (Lipinski definition) is 4. The molecule has 0 spiro atoms. The van der Waals surface area contributed by atoms with E-state index in [-0.39, 0.29) is 12.1 Å². The van der Waals surface area contributed by atoms with Gasteiger partial charge >= 0.3 is 6.09 Å². The number of aryl methyl sites for hydroxylation is 1. The van der Waals surface area contributed by atoms with Gasteiger partial charge in [-0.2, -0.15) is 0 Å². The Morgan fingerprint density at radius 2 is 2.04 bits per heavy atom. The van der Waals surface area contributed by atoms with Crippen molar-refractivity contribution in [1.82, 2.24) is 9.88 Å². The number of aromatic nitrogens is 1. The summed E-state index contributed by atoms with van der Waals surface area (Å²) in [5.74, 6) is -0.447. The van der Waals surface area contributed by atoms with Crippen molar-refractivity contribution >= 4 is 28.6 Å². The number of carbonyl (C=O) groups is 2. The lowest BCUT2D eigenvalue weighted by atomic mass is 10.1. The Bertz CT molecular complexity index is 881. The number of hydrogen-bond donors (Lipinski definition) is 2. The van der Waals surface area contributed by atoms with Gasteiger partial charge in [0.1, 0.15) is 5.60 Å². The highest BCUT2D eigenvalue weighted by atomic mass is 16.6. The zero-order valence-corrected chi connectivity index (χ0v) is 16.6. The molecule has 2 amide bonds. The normalized spacial score (nSPS) is 17.4. The average molecular weight is 372 g/mol. The molecule has 0 aliphatic carbocycles. The molecule has 2 aromatic rings. The molecule has 0 radical (unpaired) electrons. The van der Waals surface area contributed by atoms with Crippen LogP contribution in [0.1, 0.15) is 43.2 Å². The summed E-state index contributed by atoms with van der Waals surface area (Å²) in [7, 11) is 1.79. The van der Waals surface area contributed by atoms with Crippen molar-refractivity contribution < 1.29 is 14.3 Å². The molecule has 2 heterocycles. The quantitative estimate of drug-likeness (QED) is 0.866. The topological polar surface area (TPSA) is 91.7 Å². The molecule has 1 aliphatic heterocycles. The number of carbonyl (C=O) groups excluding carboxylic acids is 2. The Morgan fingerprint density at radius 3 is 2.67 bits per heavy atom. The SMILES string of the molecule is Cc1cc2c(N3CCC(N(C)C(=O)OC(C)(C)C)C3)ccc(C(N)=O)c2[nH]1. The van der Waals surface area contributed by atoms with Crippen LogP contribution in [0.15, 0.2) is 18.2 Å². The summed E-state index contributed by atoms with van der Waals surface area (Å²) in [6.45, 7) is 9.09. The Kier molecular flexibility index (Phi) is 4.80. The lowest BCUT2D eigenvalue weighted by Gasteiger charge is -2.29. The Balaban J connectivity index is 1.82. The fraction of sp³-hybridized carbons (Fsp3) is 0.500. The van der Waals surface area contributed by atoms with Crippen LogP contribution >= 0.6 is 0 Å². The number of primary amides is 1. The summed E-state index contributed by atoms with van der Waals surface area (Å²) in [5, 5.41) is 0.976. The van der Waals surface area contributed by atoms with E-state index in [2.05, 4.69) is 9.88 Å². The van der Waals surface area contributed by atoms with Crippen molar-refractivity contribution in [2.75, 3.05) is 25.0 Å². The maximum Gasteiger partial charge on any atom is 0.410 e. The molecule has 3 rings (SSSR count). The number of nitrogens with zero attached hydrogens (tertiary/aromatic N) is 2. The second-order valence-electron chi connectivity index (χ2n) is 8.22. The molecular formula is C20H28N4O3. The first-order chi connectivity index (χ1) is 12.6. The standard InChI is InChI=1S/C20H28N4O3/c1-12-10-15-16(7-6-14(18(21)25)17(15)22-12)24-9-8-13(11-24)23(5)19(26)27-20(2,3)4/h6-7,10,13,22H,8-9,11H2,1-5H3,(H2,21,25). The van der Waals surface area contributed by atoms with Crippen LogP contribution in [-0.4, -0.2) is 53.7 Å². The number of aromatic amines is 1. The maximum atomic E-state index is 12.4. The number of H-pyrrole nitrogens is 1. The van der Waals surface area contributed by atoms with E-state index in [4.69, 9.17) is 10.5 Å². The predicted molar refractivity (Wildman–Crippen MR) is 106 cm³/mol. The van der Waals surface area contributed by atoms with Crippen LogP contribution in [0.2, 0.25) is 0 Å². The number of rotatable bonds is 3. The fourth-order valence-corrected chi connectivity index (χ4v) is 3.58. The second-order valence-corrected chi connectivity index (χ2v) is 8.22. The van der Waals surface area contributed by atoms with Gasteiger partial charge in [0.2, 0.25) is 0 Å². The van der Waals surface area contributed by atoms with E-state index in [1.165, 1.54) is 0 Å². The molecule has 1 aliphatic rings. The van der Waals surface area contributed by atoms with E-state index < -0.39 is 11.5 Å². The van der Waals surface area contributed by atoms with Crippen LogP contribution in [0, 0.1) is 6.92 Å². The number of nitrogens with two attached hydrogens (primary N) is 1. The van der Waals surface area contributed by atoms with Crippen molar-refractivity contribution in [3.8, 4) is 0 Å². The van der Waals surface area contributed by atoms with Crippen molar-refractivity contribution in [2.24, 2.45) is 5.73 Å². The molecule has 1 aromatic carbocycles. The molecule has 1 fully saturated rings. The monoisotopic (exact) mass is 372 g/mol. The maximum absolute atomic E-state index is 12.4. The van der Waals surface area contributed by atoms with Gasteiger partial charge in [-0.05, 0) is 52.3 Å². The van der Waals surface area contributed by atoms with Gasteiger partial charge in [-0.25, -0.2) is 4.79 Å². The molecule has 0 bridgehead atoms. The summed E-state index contributed by atoms with van der Waals surface area (Å²) in [5.41, 5.74) is 8.27. The van der Waals surface area contributed by atoms with Crippen LogP contribution in [0.5, 0.6) is 0 Å². The molecule has 7 heteroatoms. The number of likely N-dealkylation sites (N-methyl/N-ethyl adjacent to an activating group) is 1. The first kappa shape index (κ1) is 19.1. The van der Waals surface area contributed by atoms with E-state index in [0.717, 1.165) is 35.2 Å². The van der Waals surface area contributed by atoms with Gasteiger partial charge < -0.3 is 25.3 Å². The molecule has 1 saturated heterocycles. The van der Waals surface area contributed by atoms with Crippen LogP contribution < -0.4 is 10.6 Å². The molecular weight excluding hydrogens is 344 g/mol. The first-order valence-corrected chi connectivity index (χ1v) is 9.19. The minimum absolute atomic E-state index is 0.0748. The van der Waals surface area contributed by atoms with Gasteiger partial charge in [-0.3, -0.25) is 4.79 Å². The zero-order valence-electron chi connectivity index (χ0n) is 16.6. The third kappa shape index (κ3) is 3.86. The molecule has 0 saturated carbocycles. The average Bonchev–Trinajstić information content (AvgIpc) is 3.17. The Labute approximate surface area is 159 Å². The Hall–Kier alpha value is -2.70. The Morgan fingerprint density at radius 1 is 1.33 bits per heavy atom.